The summed E-state index contributed by atoms with van der Waals surface area (Å²) in [6, 6.07) is 27.8. The molecule has 28 heavy (non-hydrogen) atoms. The second-order valence-corrected chi connectivity index (χ2v) is 6.11. The zero-order valence-electron chi connectivity index (χ0n) is 15.0. The van der Waals surface area contributed by atoms with E-state index in [2.05, 4.69) is 5.10 Å². The van der Waals surface area contributed by atoms with Gasteiger partial charge in [-0.3, -0.25) is 9.59 Å². The van der Waals surface area contributed by atoms with E-state index in [0.717, 1.165) is 5.69 Å². The molecule has 1 aromatic heterocycles. The lowest BCUT2D eigenvalue weighted by Crippen LogP contribution is -2.29. The van der Waals surface area contributed by atoms with E-state index in [-0.39, 0.29) is 11.8 Å². The van der Waals surface area contributed by atoms with E-state index in [1.54, 1.807) is 54.7 Å². The third kappa shape index (κ3) is 3.33. The van der Waals surface area contributed by atoms with Crippen molar-refractivity contribution in [2.24, 2.45) is 0 Å². The largest absolute Gasteiger partial charge is 0.268 e. The Morgan fingerprint density at radius 1 is 0.571 bits per heavy atom. The standard InChI is InChI=1S/C14H9NO2.C9H8N2/c16-13-11-8-4-5-9-12(11)14(17)15(13)10-6-2-1-3-7-10;1-2-5-9(6-3-1)11-8-4-7-10-11/h1-9H;1-8H. The van der Waals surface area contributed by atoms with Gasteiger partial charge >= 0.3 is 0 Å². The predicted octanol–water partition coefficient (Wildman–Crippen LogP) is 4.36. The maximum absolute atomic E-state index is 12.1. The molecule has 0 N–H and O–H groups in total. The van der Waals surface area contributed by atoms with Crippen LogP contribution in [0.4, 0.5) is 5.69 Å². The van der Waals surface area contributed by atoms with Crippen LogP contribution in [0.25, 0.3) is 5.69 Å². The molecule has 136 valence electrons. The van der Waals surface area contributed by atoms with E-state index in [4.69, 9.17) is 0 Å². The van der Waals surface area contributed by atoms with Crippen molar-refractivity contribution in [2.45, 2.75) is 0 Å². The molecule has 5 heteroatoms. The van der Waals surface area contributed by atoms with E-state index in [0.29, 0.717) is 16.8 Å². The number of nitrogens with zero attached hydrogens (tertiary/aromatic N) is 3. The maximum atomic E-state index is 12.1. The summed E-state index contributed by atoms with van der Waals surface area (Å²) in [6.07, 6.45) is 3.70. The fourth-order valence-electron chi connectivity index (χ4n) is 3.00. The molecule has 0 atom stereocenters. The molecule has 2 heterocycles. The zero-order chi connectivity index (χ0) is 19.3. The molecule has 0 unspecified atom stereocenters. The Hall–Kier alpha value is -3.99. The van der Waals surface area contributed by atoms with Crippen LogP contribution in [-0.4, -0.2) is 21.6 Å². The van der Waals surface area contributed by atoms with Gasteiger partial charge in [-0.05, 0) is 42.5 Å². The molecule has 0 bridgehead atoms. The number of rotatable bonds is 2. The highest BCUT2D eigenvalue weighted by atomic mass is 16.2. The van der Waals surface area contributed by atoms with Gasteiger partial charge in [0.15, 0.2) is 0 Å². The van der Waals surface area contributed by atoms with Gasteiger partial charge in [0.1, 0.15) is 0 Å². The summed E-state index contributed by atoms with van der Waals surface area (Å²) < 4.78 is 1.83. The minimum Gasteiger partial charge on any atom is -0.268 e. The summed E-state index contributed by atoms with van der Waals surface area (Å²) in [5.41, 5.74) is 2.65. The fourth-order valence-corrected chi connectivity index (χ4v) is 3.00. The Bertz CT molecular complexity index is 1060. The van der Waals surface area contributed by atoms with Crippen molar-refractivity contribution in [3.63, 3.8) is 0 Å². The molecular formula is C23H17N3O2. The van der Waals surface area contributed by atoms with Crippen molar-refractivity contribution < 1.29 is 9.59 Å². The predicted molar refractivity (Wildman–Crippen MR) is 108 cm³/mol. The topological polar surface area (TPSA) is 55.2 Å². The Kier molecular flexibility index (Phi) is 4.80. The van der Waals surface area contributed by atoms with Crippen LogP contribution in [0.15, 0.2) is 103 Å². The van der Waals surface area contributed by atoms with Crippen molar-refractivity contribution in [1.82, 2.24) is 9.78 Å². The van der Waals surface area contributed by atoms with Crippen LogP contribution in [-0.2, 0) is 0 Å². The van der Waals surface area contributed by atoms with Crippen LogP contribution in [0.1, 0.15) is 20.7 Å². The van der Waals surface area contributed by atoms with Gasteiger partial charge in [0.25, 0.3) is 11.8 Å². The molecule has 4 aromatic rings. The molecule has 0 spiro atoms. The first-order valence-electron chi connectivity index (χ1n) is 8.83. The van der Waals surface area contributed by atoms with Gasteiger partial charge in [0.2, 0.25) is 0 Å². The quantitative estimate of drug-likeness (QED) is 0.495. The first-order chi connectivity index (χ1) is 13.8. The van der Waals surface area contributed by atoms with Crippen molar-refractivity contribution in [2.75, 3.05) is 4.90 Å². The number of fused-ring (bicyclic) bond motifs is 1. The lowest BCUT2D eigenvalue weighted by Gasteiger charge is -2.13. The molecule has 0 saturated carbocycles. The van der Waals surface area contributed by atoms with Crippen LogP contribution < -0.4 is 4.90 Å². The number of amides is 2. The normalized spacial score (nSPS) is 12.4. The minimum atomic E-state index is -0.253. The van der Waals surface area contributed by atoms with E-state index in [9.17, 15) is 9.59 Å². The average Bonchev–Trinajstić information content (AvgIpc) is 3.38. The molecule has 1 aliphatic rings. The summed E-state index contributed by atoms with van der Waals surface area (Å²) in [5, 5.41) is 4.10. The molecule has 0 saturated heterocycles. The van der Waals surface area contributed by atoms with Gasteiger partial charge in [0, 0.05) is 12.4 Å². The first-order valence-corrected chi connectivity index (χ1v) is 8.83. The maximum Gasteiger partial charge on any atom is 0.266 e. The number of benzene rings is 3. The van der Waals surface area contributed by atoms with Crippen LogP contribution in [0.3, 0.4) is 0 Å². The molecule has 0 fully saturated rings. The van der Waals surface area contributed by atoms with Crippen molar-refractivity contribution >= 4 is 17.5 Å². The number of hydrogen-bond donors (Lipinski definition) is 0. The summed E-state index contributed by atoms with van der Waals surface area (Å²) in [6.45, 7) is 0. The molecule has 2 amide bonds. The van der Waals surface area contributed by atoms with Crippen LogP contribution in [0.5, 0.6) is 0 Å². The van der Waals surface area contributed by atoms with Gasteiger partial charge in [-0.15, -0.1) is 0 Å². The highest BCUT2D eigenvalue weighted by Gasteiger charge is 2.35. The van der Waals surface area contributed by atoms with E-state index < -0.39 is 0 Å². The van der Waals surface area contributed by atoms with E-state index in [1.165, 1.54) is 4.90 Å². The second kappa shape index (κ2) is 7.72. The summed E-state index contributed by atoms with van der Waals surface area (Å²) in [7, 11) is 0. The lowest BCUT2D eigenvalue weighted by molar-refractivity contribution is 0.0926. The molecule has 3 aromatic carbocycles. The summed E-state index contributed by atoms with van der Waals surface area (Å²) in [4.78, 5) is 25.4. The van der Waals surface area contributed by atoms with Gasteiger partial charge in [0.05, 0.1) is 22.5 Å². The Morgan fingerprint density at radius 2 is 1.07 bits per heavy atom. The monoisotopic (exact) mass is 367 g/mol. The number of imide groups is 1. The SMILES string of the molecule is O=C1c2ccccc2C(=O)N1c1ccccc1.c1ccc(-n2cccn2)cc1. The van der Waals surface area contributed by atoms with Crippen molar-refractivity contribution in [3.8, 4) is 5.69 Å². The van der Waals surface area contributed by atoms with Gasteiger partial charge in [-0.25, -0.2) is 9.58 Å². The van der Waals surface area contributed by atoms with Gasteiger partial charge in [-0.1, -0.05) is 48.5 Å². The summed E-state index contributed by atoms with van der Waals surface area (Å²) >= 11 is 0. The third-order valence-corrected chi connectivity index (χ3v) is 4.33. The minimum absolute atomic E-state index is 0.253. The number of para-hydroxylation sites is 2. The van der Waals surface area contributed by atoms with Crippen molar-refractivity contribution in [1.29, 1.82) is 0 Å². The molecule has 0 aliphatic carbocycles. The smallest absolute Gasteiger partial charge is 0.266 e. The van der Waals surface area contributed by atoms with Gasteiger partial charge < -0.3 is 0 Å². The Balaban J connectivity index is 0.000000151. The zero-order valence-corrected chi connectivity index (χ0v) is 15.0. The number of anilines is 1. The lowest BCUT2D eigenvalue weighted by atomic mass is 10.1. The van der Waals surface area contributed by atoms with Crippen LogP contribution in [0.2, 0.25) is 0 Å². The van der Waals surface area contributed by atoms with Crippen LogP contribution >= 0.6 is 0 Å². The molecule has 5 nitrogen and oxygen atoms in total. The molecule has 0 radical (unpaired) electrons. The average molecular weight is 367 g/mol. The second-order valence-electron chi connectivity index (χ2n) is 6.11. The molecular weight excluding hydrogens is 350 g/mol. The third-order valence-electron chi connectivity index (χ3n) is 4.33. The highest BCUT2D eigenvalue weighted by Crippen LogP contribution is 2.27. The number of aromatic nitrogens is 2. The van der Waals surface area contributed by atoms with Gasteiger partial charge in [-0.2, -0.15) is 5.10 Å². The van der Waals surface area contributed by atoms with E-state index in [1.807, 2.05) is 53.3 Å². The Morgan fingerprint density at radius 3 is 1.57 bits per heavy atom. The van der Waals surface area contributed by atoms with E-state index >= 15 is 0 Å². The summed E-state index contributed by atoms with van der Waals surface area (Å²) in [5.74, 6) is -0.506. The van der Waals surface area contributed by atoms with Crippen LogP contribution in [0, 0.1) is 0 Å². The molecule has 5 rings (SSSR count). The molecule has 1 aliphatic heterocycles. The Labute approximate surface area is 162 Å². The first kappa shape index (κ1) is 17.4. The number of carbonyl (C=O) groups excluding carboxylic acids is 2. The fraction of sp³-hybridized carbons (Fsp3) is 0. The number of hydrogen-bond acceptors (Lipinski definition) is 3. The van der Waals surface area contributed by atoms with Crippen molar-refractivity contribution in [3.05, 3.63) is 115 Å². The highest BCUT2D eigenvalue weighted by molar-refractivity contribution is 6.34. The number of carbonyl (C=O) groups is 2.